The Morgan fingerprint density at radius 2 is 1.75 bits per heavy atom. The predicted molar refractivity (Wildman–Crippen MR) is 72.6 cm³/mol. The maximum atomic E-state index is 5.49. The Bertz CT molecular complexity index is 464. The Morgan fingerprint density at radius 1 is 1.06 bits per heavy atom. The molecule has 0 saturated carbocycles. The predicted octanol–water partition coefficient (Wildman–Crippen LogP) is 4.98. The van der Waals surface area contributed by atoms with Crippen molar-refractivity contribution in [2.45, 2.75) is 13.0 Å². The van der Waals surface area contributed by atoms with Gasteiger partial charge in [0.05, 0.1) is 6.04 Å². The SMILES string of the molecule is CC(Nc1ccc(Br)cc1)c1ccc(Br)o1. The summed E-state index contributed by atoms with van der Waals surface area (Å²) in [6.07, 6.45) is 0. The fraction of sp³-hybridized carbons (Fsp3) is 0.167. The summed E-state index contributed by atoms with van der Waals surface area (Å²) in [7, 11) is 0. The molecule has 0 aliphatic heterocycles. The number of benzene rings is 1. The van der Waals surface area contributed by atoms with Crippen LogP contribution in [0.5, 0.6) is 0 Å². The smallest absolute Gasteiger partial charge is 0.169 e. The molecule has 0 saturated heterocycles. The van der Waals surface area contributed by atoms with Gasteiger partial charge in [0, 0.05) is 10.2 Å². The van der Waals surface area contributed by atoms with Crippen LogP contribution in [0.15, 0.2) is 50.0 Å². The number of halogens is 2. The minimum atomic E-state index is 0.146. The monoisotopic (exact) mass is 343 g/mol. The first-order valence-electron chi connectivity index (χ1n) is 4.92. The summed E-state index contributed by atoms with van der Waals surface area (Å²) >= 11 is 6.70. The molecule has 16 heavy (non-hydrogen) atoms. The lowest BCUT2D eigenvalue weighted by molar-refractivity contribution is 0.471. The highest BCUT2D eigenvalue weighted by atomic mass is 79.9. The zero-order valence-corrected chi connectivity index (χ0v) is 11.9. The topological polar surface area (TPSA) is 25.2 Å². The lowest BCUT2D eigenvalue weighted by Crippen LogP contribution is -2.05. The van der Waals surface area contributed by atoms with E-state index < -0.39 is 0 Å². The number of furan rings is 1. The summed E-state index contributed by atoms with van der Waals surface area (Å²) in [5, 5.41) is 3.36. The van der Waals surface area contributed by atoms with Crippen LogP contribution in [0, 0.1) is 0 Å². The summed E-state index contributed by atoms with van der Waals surface area (Å²) in [6.45, 7) is 2.06. The number of hydrogen-bond acceptors (Lipinski definition) is 2. The standard InChI is InChI=1S/C12H11Br2NO/c1-8(11-6-7-12(14)16-11)15-10-4-2-9(13)3-5-10/h2-8,15H,1H3. The van der Waals surface area contributed by atoms with Gasteiger partial charge in [-0.2, -0.15) is 0 Å². The van der Waals surface area contributed by atoms with E-state index in [9.17, 15) is 0 Å². The maximum absolute atomic E-state index is 5.49. The summed E-state index contributed by atoms with van der Waals surface area (Å²) in [6, 6.07) is 12.1. The van der Waals surface area contributed by atoms with Crippen molar-refractivity contribution < 1.29 is 4.42 Å². The molecule has 1 unspecified atom stereocenters. The quantitative estimate of drug-likeness (QED) is 0.849. The third-order valence-electron chi connectivity index (χ3n) is 2.25. The summed E-state index contributed by atoms with van der Waals surface area (Å²) in [4.78, 5) is 0. The van der Waals surface area contributed by atoms with E-state index >= 15 is 0 Å². The van der Waals surface area contributed by atoms with E-state index in [-0.39, 0.29) is 6.04 Å². The number of hydrogen-bond donors (Lipinski definition) is 1. The lowest BCUT2D eigenvalue weighted by Gasteiger charge is -2.12. The summed E-state index contributed by atoms with van der Waals surface area (Å²) in [5.74, 6) is 0.912. The van der Waals surface area contributed by atoms with Gasteiger partial charge in [-0.05, 0) is 59.3 Å². The van der Waals surface area contributed by atoms with E-state index in [2.05, 4.69) is 44.1 Å². The van der Waals surface area contributed by atoms with Crippen molar-refractivity contribution in [3.05, 3.63) is 51.3 Å². The van der Waals surface area contributed by atoms with E-state index in [1.165, 1.54) is 0 Å². The maximum Gasteiger partial charge on any atom is 0.169 e. The normalized spacial score (nSPS) is 12.4. The van der Waals surface area contributed by atoms with Gasteiger partial charge in [0.25, 0.3) is 0 Å². The Hall–Kier alpha value is -0.740. The molecule has 4 heteroatoms. The minimum absolute atomic E-state index is 0.146. The second kappa shape index (κ2) is 5.06. The molecular formula is C12H11Br2NO. The van der Waals surface area contributed by atoms with Gasteiger partial charge in [-0.1, -0.05) is 15.9 Å². The molecule has 1 aromatic heterocycles. The van der Waals surface area contributed by atoms with Gasteiger partial charge in [-0.25, -0.2) is 0 Å². The fourth-order valence-electron chi connectivity index (χ4n) is 1.43. The van der Waals surface area contributed by atoms with Crippen LogP contribution < -0.4 is 5.32 Å². The Kier molecular flexibility index (Phi) is 3.71. The number of anilines is 1. The Balaban J connectivity index is 2.07. The summed E-state index contributed by atoms with van der Waals surface area (Å²) in [5.41, 5.74) is 1.07. The number of rotatable bonds is 3. The van der Waals surface area contributed by atoms with Crippen LogP contribution in [0.3, 0.4) is 0 Å². The average molecular weight is 345 g/mol. The van der Waals surface area contributed by atoms with Crippen molar-refractivity contribution in [3.8, 4) is 0 Å². The van der Waals surface area contributed by atoms with Crippen LogP contribution >= 0.6 is 31.9 Å². The van der Waals surface area contributed by atoms with Crippen molar-refractivity contribution in [1.82, 2.24) is 0 Å². The second-order valence-corrected chi connectivity index (χ2v) is 5.21. The summed E-state index contributed by atoms with van der Waals surface area (Å²) < 4.78 is 7.32. The molecule has 0 bridgehead atoms. The third-order valence-corrected chi connectivity index (χ3v) is 3.20. The zero-order chi connectivity index (χ0) is 11.5. The molecule has 0 amide bonds. The Morgan fingerprint density at radius 3 is 2.31 bits per heavy atom. The first kappa shape index (κ1) is 11.7. The molecule has 0 aliphatic rings. The van der Waals surface area contributed by atoms with Crippen LogP contribution in [0.2, 0.25) is 0 Å². The minimum Gasteiger partial charge on any atom is -0.452 e. The van der Waals surface area contributed by atoms with E-state index in [0.29, 0.717) is 0 Å². The van der Waals surface area contributed by atoms with Crippen molar-refractivity contribution in [2.24, 2.45) is 0 Å². The third kappa shape index (κ3) is 2.89. The molecule has 0 spiro atoms. The molecule has 0 fully saturated rings. The Labute approximate surface area is 111 Å². The van der Waals surface area contributed by atoms with Gasteiger partial charge in [0.1, 0.15) is 5.76 Å². The average Bonchev–Trinajstić information content (AvgIpc) is 2.68. The van der Waals surface area contributed by atoms with Crippen LogP contribution in [0.25, 0.3) is 0 Å². The molecule has 2 rings (SSSR count). The van der Waals surface area contributed by atoms with Crippen molar-refractivity contribution >= 4 is 37.5 Å². The van der Waals surface area contributed by atoms with E-state index in [4.69, 9.17) is 4.42 Å². The van der Waals surface area contributed by atoms with Gasteiger partial charge < -0.3 is 9.73 Å². The van der Waals surface area contributed by atoms with E-state index in [1.54, 1.807) is 0 Å². The lowest BCUT2D eigenvalue weighted by atomic mass is 10.2. The first-order valence-corrected chi connectivity index (χ1v) is 6.51. The zero-order valence-electron chi connectivity index (χ0n) is 8.71. The molecule has 2 aromatic rings. The van der Waals surface area contributed by atoms with Crippen molar-refractivity contribution in [1.29, 1.82) is 0 Å². The largest absolute Gasteiger partial charge is 0.452 e. The van der Waals surface area contributed by atoms with Crippen molar-refractivity contribution in [3.63, 3.8) is 0 Å². The molecule has 1 heterocycles. The van der Waals surface area contributed by atoms with Crippen molar-refractivity contribution in [2.75, 3.05) is 5.32 Å². The molecular weight excluding hydrogens is 334 g/mol. The molecule has 1 N–H and O–H groups in total. The molecule has 0 radical (unpaired) electrons. The first-order chi connectivity index (χ1) is 7.65. The molecule has 1 aromatic carbocycles. The van der Waals surface area contributed by atoms with Gasteiger partial charge in [-0.3, -0.25) is 0 Å². The fourth-order valence-corrected chi connectivity index (χ4v) is 2.01. The molecule has 0 aliphatic carbocycles. The molecule has 1 atom stereocenters. The van der Waals surface area contributed by atoms with Crippen LogP contribution in [0.1, 0.15) is 18.7 Å². The highest BCUT2D eigenvalue weighted by Crippen LogP contribution is 2.24. The highest BCUT2D eigenvalue weighted by Gasteiger charge is 2.09. The molecule has 84 valence electrons. The van der Waals surface area contributed by atoms with Gasteiger partial charge in [0.15, 0.2) is 4.67 Å². The number of nitrogens with one attached hydrogen (secondary N) is 1. The van der Waals surface area contributed by atoms with Gasteiger partial charge >= 0.3 is 0 Å². The highest BCUT2D eigenvalue weighted by molar-refractivity contribution is 9.10. The van der Waals surface area contributed by atoms with Crippen LogP contribution in [-0.4, -0.2) is 0 Å². The van der Waals surface area contributed by atoms with Gasteiger partial charge in [-0.15, -0.1) is 0 Å². The second-order valence-electron chi connectivity index (χ2n) is 3.51. The van der Waals surface area contributed by atoms with E-state index in [0.717, 1.165) is 20.6 Å². The van der Waals surface area contributed by atoms with Gasteiger partial charge in [0.2, 0.25) is 0 Å². The van der Waals surface area contributed by atoms with E-state index in [1.807, 2.05) is 36.4 Å². The van der Waals surface area contributed by atoms with Crippen LogP contribution in [0.4, 0.5) is 5.69 Å². The van der Waals surface area contributed by atoms with Crippen LogP contribution in [-0.2, 0) is 0 Å². The molecule has 2 nitrogen and oxygen atoms in total.